The molecule has 2 aliphatic rings. The number of anilines is 2. The zero-order valence-electron chi connectivity index (χ0n) is 15.7. The van der Waals surface area contributed by atoms with Gasteiger partial charge in [0.05, 0.1) is 11.3 Å². The molecule has 0 aromatic carbocycles. The fourth-order valence-corrected chi connectivity index (χ4v) is 3.98. The number of piperazine rings is 1. The first-order chi connectivity index (χ1) is 13.3. The monoisotopic (exact) mass is 365 g/mol. The van der Waals surface area contributed by atoms with E-state index in [-0.39, 0.29) is 5.91 Å². The Morgan fingerprint density at radius 2 is 1.85 bits per heavy atom. The highest BCUT2D eigenvalue weighted by molar-refractivity contribution is 5.95. The van der Waals surface area contributed by atoms with Gasteiger partial charge in [0.2, 0.25) is 0 Å². The molecule has 0 atom stereocenters. The second-order valence-corrected chi connectivity index (χ2v) is 7.41. The van der Waals surface area contributed by atoms with Crippen LogP contribution < -0.4 is 10.2 Å². The number of amides is 1. The minimum absolute atomic E-state index is 0.0652. The Morgan fingerprint density at radius 1 is 1.04 bits per heavy atom. The molecule has 2 aromatic rings. The highest BCUT2D eigenvalue weighted by Gasteiger charge is 2.23. The molecule has 1 N–H and O–H groups in total. The van der Waals surface area contributed by atoms with Gasteiger partial charge in [-0.25, -0.2) is 4.98 Å². The zero-order valence-corrected chi connectivity index (χ0v) is 15.7. The first-order valence-corrected chi connectivity index (χ1v) is 9.96. The maximum Gasteiger partial charge on any atom is 0.255 e. The number of hydrogen-bond donors (Lipinski definition) is 1. The van der Waals surface area contributed by atoms with Crippen molar-refractivity contribution in [2.24, 2.45) is 0 Å². The lowest BCUT2D eigenvalue weighted by Gasteiger charge is -2.35. The van der Waals surface area contributed by atoms with Crippen LogP contribution in [-0.4, -0.2) is 53.0 Å². The molecule has 0 spiro atoms. The summed E-state index contributed by atoms with van der Waals surface area (Å²) in [5.74, 6) is 1.04. The summed E-state index contributed by atoms with van der Waals surface area (Å²) in [6.07, 6.45) is 11.6. The van der Waals surface area contributed by atoms with Crippen LogP contribution in [0.4, 0.5) is 11.5 Å². The molecule has 4 rings (SSSR count). The number of pyridine rings is 2. The van der Waals surface area contributed by atoms with Crippen molar-refractivity contribution in [1.29, 1.82) is 0 Å². The van der Waals surface area contributed by atoms with E-state index < -0.39 is 0 Å². The van der Waals surface area contributed by atoms with Crippen LogP contribution in [0.1, 0.15) is 42.5 Å². The van der Waals surface area contributed by atoms with Crippen molar-refractivity contribution >= 4 is 17.4 Å². The lowest BCUT2D eigenvalue weighted by Crippen LogP contribution is -2.49. The molecule has 2 fully saturated rings. The Bertz CT molecular complexity index is 752. The van der Waals surface area contributed by atoms with Crippen LogP contribution in [0.25, 0.3) is 0 Å². The molecule has 1 aliphatic carbocycles. The van der Waals surface area contributed by atoms with Gasteiger partial charge in [-0.1, -0.05) is 25.3 Å². The van der Waals surface area contributed by atoms with Gasteiger partial charge in [-0.3, -0.25) is 9.78 Å². The van der Waals surface area contributed by atoms with E-state index in [4.69, 9.17) is 0 Å². The van der Waals surface area contributed by atoms with Crippen LogP contribution in [0.3, 0.4) is 0 Å². The summed E-state index contributed by atoms with van der Waals surface area (Å²) in [7, 11) is 0. The van der Waals surface area contributed by atoms with Crippen molar-refractivity contribution < 1.29 is 4.79 Å². The van der Waals surface area contributed by atoms with Crippen LogP contribution >= 0.6 is 0 Å². The zero-order chi connectivity index (χ0) is 18.5. The average molecular weight is 365 g/mol. The average Bonchev–Trinajstić information content (AvgIpc) is 2.75. The van der Waals surface area contributed by atoms with Crippen molar-refractivity contribution in [1.82, 2.24) is 14.9 Å². The minimum Gasteiger partial charge on any atom is -0.381 e. The third-order valence-corrected chi connectivity index (χ3v) is 5.50. The molecular weight excluding hydrogens is 338 g/mol. The molecule has 1 saturated heterocycles. The number of carbonyl (C=O) groups is 1. The van der Waals surface area contributed by atoms with E-state index in [0.29, 0.717) is 24.7 Å². The third kappa shape index (κ3) is 4.38. The molecular formula is C21H27N5O. The first-order valence-electron chi connectivity index (χ1n) is 9.96. The molecule has 1 amide bonds. The Balaban J connectivity index is 1.36. The Hall–Kier alpha value is -2.63. The lowest BCUT2D eigenvalue weighted by atomic mass is 9.95. The predicted octanol–water partition coefficient (Wildman–Crippen LogP) is 3.18. The van der Waals surface area contributed by atoms with Crippen LogP contribution in [0, 0.1) is 0 Å². The van der Waals surface area contributed by atoms with Gasteiger partial charge in [-0.05, 0) is 31.0 Å². The smallest absolute Gasteiger partial charge is 0.255 e. The molecule has 0 radical (unpaired) electrons. The molecule has 6 heteroatoms. The number of nitrogens with one attached hydrogen (secondary N) is 1. The lowest BCUT2D eigenvalue weighted by molar-refractivity contribution is 0.0746. The molecule has 27 heavy (non-hydrogen) atoms. The number of nitrogens with zero attached hydrogens (tertiary/aromatic N) is 4. The van der Waals surface area contributed by atoms with E-state index in [1.165, 1.54) is 32.1 Å². The van der Waals surface area contributed by atoms with Crippen LogP contribution in [-0.2, 0) is 0 Å². The van der Waals surface area contributed by atoms with Crippen LogP contribution in [0.5, 0.6) is 0 Å². The van der Waals surface area contributed by atoms with Gasteiger partial charge in [0, 0.05) is 50.8 Å². The summed E-state index contributed by atoms with van der Waals surface area (Å²) in [4.78, 5) is 25.8. The van der Waals surface area contributed by atoms with E-state index in [1.54, 1.807) is 6.20 Å². The highest BCUT2D eigenvalue weighted by atomic mass is 16.2. The number of aromatic nitrogens is 2. The van der Waals surface area contributed by atoms with Crippen LogP contribution in [0.15, 0.2) is 42.9 Å². The quantitative estimate of drug-likeness (QED) is 0.902. The number of carbonyl (C=O) groups excluding carboxylic acids is 1. The molecule has 0 unspecified atom stereocenters. The molecule has 2 aromatic heterocycles. The standard InChI is InChI=1S/C21H27N5O/c27-21(26-12-10-25(11-13-26)20-8-4-5-9-23-20)17-14-19(16-22-15-17)24-18-6-2-1-3-7-18/h4-5,8-9,14-16,18,24H,1-3,6-7,10-13H2. The molecule has 6 nitrogen and oxygen atoms in total. The van der Waals surface area contributed by atoms with Gasteiger partial charge in [-0.15, -0.1) is 0 Å². The topological polar surface area (TPSA) is 61.4 Å². The van der Waals surface area contributed by atoms with Gasteiger partial charge in [0.25, 0.3) is 5.91 Å². The number of rotatable bonds is 4. The second kappa shape index (κ2) is 8.37. The first kappa shape index (κ1) is 17.8. The van der Waals surface area contributed by atoms with E-state index in [1.807, 2.05) is 41.6 Å². The minimum atomic E-state index is 0.0652. The molecule has 1 aliphatic heterocycles. The summed E-state index contributed by atoms with van der Waals surface area (Å²) in [5, 5.41) is 3.56. The predicted molar refractivity (Wildman–Crippen MR) is 107 cm³/mol. The summed E-state index contributed by atoms with van der Waals surface area (Å²) in [5.41, 5.74) is 1.63. The second-order valence-electron chi connectivity index (χ2n) is 7.41. The summed E-state index contributed by atoms with van der Waals surface area (Å²) >= 11 is 0. The summed E-state index contributed by atoms with van der Waals surface area (Å²) < 4.78 is 0. The van der Waals surface area contributed by atoms with Gasteiger partial charge in [-0.2, -0.15) is 0 Å². The van der Waals surface area contributed by atoms with Crippen molar-refractivity contribution in [3.05, 3.63) is 48.4 Å². The fraction of sp³-hybridized carbons (Fsp3) is 0.476. The molecule has 1 saturated carbocycles. The van der Waals surface area contributed by atoms with E-state index >= 15 is 0 Å². The van der Waals surface area contributed by atoms with Crippen molar-refractivity contribution in [2.45, 2.75) is 38.1 Å². The maximum absolute atomic E-state index is 12.9. The van der Waals surface area contributed by atoms with E-state index in [9.17, 15) is 4.79 Å². The normalized spacial score (nSPS) is 18.4. The van der Waals surface area contributed by atoms with Crippen molar-refractivity contribution in [2.75, 3.05) is 36.4 Å². The van der Waals surface area contributed by atoms with Gasteiger partial charge >= 0.3 is 0 Å². The van der Waals surface area contributed by atoms with Gasteiger partial charge in [0.15, 0.2) is 0 Å². The van der Waals surface area contributed by atoms with E-state index in [0.717, 1.165) is 24.6 Å². The largest absolute Gasteiger partial charge is 0.381 e. The summed E-state index contributed by atoms with van der Waals surface area (Å²) in [6.45, 7) is 3.01. The van der Waals surface area contributed by atoms with Gasteiger partial charge in [0.1, 0.15) is 5.82 Å². The summed E-state index contributed by atoms with van der Waals surface area (Å²) in [6, 6.07) is 8.39. The fourth-order valence-electron chi connectivity index (χ4n) is 3.98. The Morgan fingerprint density at radius 3 is 2.59 bits per heavy atom. The van der Waals surface area contributed by atoms with Gasteiger partial charge < -0.3 is 15.1 Å². The van der Waals surface area contributed by atoms with Crippen molar-refractivity contribution in [3.63, 3.8) is 0 Å². The Labute approximate surface area is 160 Å². The SMILES string of the molecule is O=C(c1cncc(NC2CCCCC2)c1)N1CCN(c2ccccn2)CC1. The van der Waals surface area contributed by atoms with Crippen LogP contribution in [0.2, 0.25) is 0 Å². The molecule has 3 heterocycles. The van der Waals surface area contributed by atoms with E-state index in [2.05, 4.69) is 20.2 Å². The third-order valence-electron chi connectivity index (χ3n) is 5.50. The maximum atomic E-state index is 12.9. The number of hydrogen-bond acceptors (Lipinski definition) is 5. The highest BCUT2D eigenvalue weighted by Crippen LogP contribution is 2.22. The molecule has 0 bridgehead atoms. The van der Waals surface area contributed by atoms with Crippen molar-refractivity contribution in [3.8, 4) is 0 Å². The molecule has 142 valence electrons. The Kier molecular flexibility index (Phi) is 5.51.